The Hall–Kier alpha value is -2.36. The van der Waals surface area contributed by atoms with Gasteiger partial charge in [0.05, 0.1) is 0 Å². The minimum absolute atomic E-state index is 0.0429. The number of hydrogen-bond donors (Lipinski definition) is 1. The van der Waals surface area contributed by atoms with Crippen LogP contribution in [0.15, 0.2) is 30.3 Å². The first-order chi connectivity index (χ1) is 12.9. The molecule has 1 atom stereocenters. The van der Waals surface area contributed by atoms with Gasteiger partial charge in [-0.05, 0) is 52.5 Å². The minimum atomic E-state index is -0.184. The van der Waals surface area contributed by atoms with Crippen molar-refractivity contribution in [3.63, 3.8) is 0 Å². The number of rotatable bonds is 3. The molecule has 0 amide bonds. The number of nitrogens with zero attached hydrogens (tertiary/aromatic N) is 3. The van der Waals surface area contributed by atoms with E-state index in [-0.39, 0.29) is 16.6 Å². The van der Waals surface area contributed by atoms with Crippen molar-refractivity contribution >= 4 is 11.0 Å². The zero-order valence-electron chi connectivity index (χ0n) is 18.5. The first-order valence-electron chi connectivity index (χ1n) is 10.2. The number of phenolic OH excluding ortho intramolecular Hbond substituents is 1. The molecule has 1 N–H and O–H groups in total. The van der Waals surface area contributed by atoms with Crippen molar-refractivity contribution in [3.05, 3.63) is 47.0 Å². The maximum atomic E-state index is 11.1. The van der Waals surface area contributed by atoms with Crippen LogP contribution in [0.4, 0.5) is 0 Å². The Morgan fingerprint density at radius 1 is 0.929 bits per heavy atom. The summed E-state index contributed by atoms with van der Waals surface area (Å²) in [5.74, 6) is 0.739. The molecule has 0 saturated heterocycles. The molecule has 0 aliphatic carbocycles. The van der Waals surface area contributed by atoms with Crippen LogP contribution in [0.1, 0.15) is 84.4 Å². The van der Waals surface area contributed by atoms with E-state index in [1.165, 1.54) is 5.56 Å². The number of aromatic nitrogens is 3. The van der Waals surface area contributed by atoms with Gasteiger partial charge >= 0.3 is 0 Å². The molecule has 1 heterocycles. The molecule has 0 aliphatic rings. The van der Waals surface area contributed by atoms with Gasteiger partial charge in [0.25, 0.3) is 0 Å². The van der Waals surface area contributed by atoms with Gasteiger partial charge in [-0.15, -0.1) is 15.0 Å². The SMILES string of the molecule is CCC(C)c1ccc2nn(-c3cc(C(C)(C)C)cc(C(C)(C)C)c3O)nc2c1. The second-order valence-corrected chi connectivity index (χ2v) is 9.94. The van der Waals surface area contributed by atoms with E-state index in [4.69, 9.17) is 5.10 Å². The Bertz CT molecular complexity index is 1000. The number of phenols is 1. The Labute approximate surface area is 168 Å². The fourth-order valence-corrected chi connectivity index (χ4v) is 3.36. The van der Waals surface area contributed by atoms with Crippen LogP contribution >= 0.6 is 0 Å². The summed E-state index contributed by atoms with van der Waals surface area (Å²) in [5, 5.41) is 20.4. The van der Waals surface area contributed by atoms with E-state index in [9.17, 15) is 5.11 Å². The van der Waals surface area contributed by atoms with Crippen molar-refractivity contribution in [2.75, 3.05) is 0 Å². The van der Waals surface area contributed by atoms with E-state index in [1.807, 2.05) is 12.1 Å². The molecule has 3 aromatic rings. The summed E-state index contributed by atoms with van der Waals surface area (Å²) >= 11 is 0. The maximum Gasteiger partial charge on any atom is 0.146 e. The number of benzene rings is 2. The van der Waals surface area contributed by atoms with Crippen LogP contribution in [-0.4, -0.2) is 20.1 Å². The van der Waals surface area contributed by atoms with Gasteiger partial charge in [0.2, 0.25) is 0 Å². The van der Waals surface area contributed by atoms with E-state index < -0.39 is 0 Å². The molecule has 0 saturated carbocycles. The highest BCUT2D eigenvalue weighted by molar-refractivity contribution is 5.75. The van der Waals surface area contributed by atoms with Crippen LogP contribution < -0.4 is 0 Å². The zero-order valence-corrected chi connectivity index (χ0v) is 18.5. The van der Waals surface area contributed by atoms with Gasteiger partial charge in [0, 0.05) is 5.56 Å². The second-order valence-electron chi connectivity index (χ2n) is 9.94. The first kappa shape index (κ1) is 20.4. The number of hydrogen-bond acceptors (Lipinski definition) is 3. The molecule has 150 valence electrons. The third-order valence-corrected chi connectivity index (χ3v) is 5.57. The van der Waals surface area contributed by atoms with Crippen molar-refractivity contribution in [2.24, 2.45) is 0 Å². The van der Waals surface area contributed by atoms with Gasteiger partial charge < -0.3 is 5.11 Å². The normalized spacial score (nSPS) is 13.9. The zero-order chi connectivity index (χ0) is 20.9. The van der Waals surface area contributed by atoms with Crippen LogP contribution in [0.25, 0.3) is 16.7 Å². The van der Waals surface area contributed by atoms with Crippen molar-refractivity contribution < 1.29 is 5.11 Å². The van der Waals surface area contributed by atoms with Gasteiger partial charge in [0.1, 0.15) is 22.5 Å². The standard InChI is InChI=1S/C24H33N3O/c1-9-15(2)16-10-11-19-20(12-16)26-27(25-19)21-14-17(23(3,4)5)13-18(22(21)28)24(6,7)8/h10-15,28H,9H2,1-8H3. The molecule has 4 nitrogen and oxygen atoms in total. The Morgan fingerprint density at radius 2 is 1.57 bits per heavy atom. The van der Waals surface area contributed by atoms with Crippen LogP contribution in [0, 0.1) is 0 Å². The van der Waals surface area contributed by atoms with Crippen molar-refractivity contribution in [2.45, 2.75) is 78.6 Å². The summed E-state index contributed by atoms with van der Waals surface area (Å²) in [6.07, 6.45) is 1.09. The quantitative estimate of drug-likeness (QED) is 0.586. The van der Waals surface area contributed by atoms with Crippen LogP contribution in [0.2, 0.25) is 0 Å². The van der Waals surface area contributed by atoms with Crippen molar-refractivity contribution in [3.8, 4) is 11.4 Å². The number of fused-ring (bicyclic) bond motifs is 1. The van der Waals surface area contributed by atoms with E-state index in [1.54, 1.807) is 4.80 Å². The average Bonchev–Trinajstić information content (AvgIpc) is 3.01. The molecular formula is C24H33N3O. The lowest BCUT2D eigenvalue weighted by Gasteiger charge is -2.27. The van der Waals surface area contributed by atoms with Crippen molar-refractivity contribution in [1.82, 2.24) is 15.0 Å². The molecule has 0 fully saturated rings. The molecule has 0 radical (unpaired) electrons. The third kappa shape index (κ3) is 3.78. The van der Waals surface area contributed by atoms with E-state index in [2.05, 4.69) is 78.7 Å². The Kier molecular flexibility index (Phi) is 5.03. The highest BCUT2D eigenvalue weighted by Gasteiger charge is 2.26. The highest BCUT2D eigenvalue weighted by Crippen LogP contribution is 2.39. The van der Waals surface area contributed by atoms with E-state index in [0.29, 0.717) is 11.6 Å². The molecule has 3 rings (SSSR count). The monoisotopic (exact) mass is 379 g/mol. The molecule has 0 bridgehead atoms. The lowest BCUT2D eigenvalue weighted by molar-refractivity contribution is 0.438. The van der Waals surface area contributed by atoms with Crippen molar-refractivity contribution in [1.29, 1.82) is 0 Å². The summed E-state index contributed by atoms with van der Waals surface area (Å²) in [7, 11) is 0. The molecule has 28 heavy (non-hydrogen) atoms. The lowest BCUT2D eigenvalue weighted by Crippen LogP contribution is -2.18. The summed E-state index contributed by atoms with van der Waals surface area (Å²) in [6, 6.07) is 10.4. The molecule has 0 spiro atoms. The van der Waals surface area contributed by atoms with Gasteiger partial charge in [-0.25, -0.2) is 0 Å². The predicted molar refractivity (Wildman–Crippen MR) is 117 cm³/mol. The summed E-state index contributed by atoms with van der Waals surface area (Å²) < 4.78 is 0. The average molecular weight is 380 g/mol. The molecular weight excluding hydrogens is 346 g/mol. The Balaban J connectivity index is 2.22. The molecule has 0 aliphatic heterocycles. The molecule has 4 heteroatoms. The fraction of sp³-hybridized carbons (Fsp3) is 0.500. The van der Waals surface area contributed by atoms with Gasteiger partial charge in [-0.3, -0.25) is 0 Å². The van der Waals surface area contributed by atoms with Crippen LogP contribution in [-0.2, 0) is 10.8 Å². The van der Waals surface area contributed by atoms with E-state index in [0.717, 1.165) is 28.6 Å². The Morgan fingerprint density at radius 3 is 2.14 bits per heavy atom. The smallest absolute Gasteiger partial charge is 0.146 e. The fourth-order valence-electron chi connectivity index (χ4n) is 3.36. The van der Waals surface area contributed by atoms with E-state index >= 15 is 0 Å². The molecule has 1 unspecified atom stereocenters. The minimum Gasteiger partial charge on any atom is -0.505 e. The molecule has 2 aromatic carbocycles. The highest BCUT2D eigenvalue weighted by atomic mass is 16.3. The predicted octanol–water partition coefficient (Wildman–Crippen LogP) is 6.23. The lowest BCUT2D eigenvalue weighted by atomic mass is 9.80. The summed E-state index contributed by atoms with van der Waals surface area (Å²) in [6.45, 7) is 17.3. The van der Waals surface area contributed by atoms with Gasteiger partial charge in [-0.2, -0.15) is 0 Å². The van der Waals surface area contributed by atoms with Gasteiger partial charge in [-0.1, -0.05) is 67.5 Å². The first-order valence-corrected chi connectivity index (χ1v) is 10.2. The second kappa shape index (κ2) is 6.91. The third-order valence-electron chi connectivity index (χ3n) is 5.57. The van der Waals surface area contributed by atoms with Crippen LogP contribution in [0.5, 0.6) is 5.75 Å². The largest absolute Gasteiger partial charge is 0.505 e. The molecule has 1 aromatic heterocycles. The van der Waals surface area contributed by atoms with Gasteiger partial charge in [0.15, 0.2) is 0 Å². The van der Waals surface area contributed by atoms with Crippen LogP contribution in [0.3, 0.4) is 0 Å². The number of aromatic hydroxyl groups is 1. The topological polar surface area (TPSA) is 50.9 Å². The maximum absolute atomic E-state index is 11.1. The summed E-state index contributed by atoms with van der Waals surface area (Å²) in [4.78, 5) is 1.59. The summed E-state index contributed by atoms with van der Waals surface area (Å²) in [5.41, 5.74) is 5.45.